The second kappa shape index (κ2) is 7.10. The molecule has 26 heavy (non-hydrogen) atoms. The first-order valence-electron chi connectivity index (χ1n) is 10.0. The van der Waals surface area contributed by atoms with Crippen LogP contribution in [0, 0.1) is 11.3 Å². The molecule has 2 N–H and O–H groups in total. The third-order valence-electron chi connectivity index (χ3n) is 6.50. The lowest BCUT2D eigenvalue weighted by Crippen LogP contribution is -2.71. The minimum atomic E-state index is 0.161. The minimum Gasteiger partial charge on any atom is -0.377 e. The summed E-state index contributed by atoms with van der Waals surface area (Å²) in [5.41, 5.74) is 1.47. The summed E-state index contributed by atoms with van der Waals surface area (Å²) in [6.07, 6.45) is 3.97. The van der Waals surface area contributed by atoms with E-state index in [4.69, 9.17) is 4.74 Å². The zero-order chi connectivity index (χ0) is 18.1. The smallest absolute Gasteiger partial charge is 0.191 e. The Morgan fingerprint density at radius 2 is 2.00 bits per heavy atom. The van der Waals surface area contributed by atoms with Gasteiger partial charge in [0.2, 0.25) is 0 Å². The van der Waals surface area contributed by atoms with E-state index in [1.54, 1.807) is 0 Å². The average Bonchev–Trinajstić information content (AvgIpc) is 3.14. The van der Waals surface area contributed by atoms with Crippen molar-refractivity contribution in [3.05, 3.63) is 30.3 Å². The summed E-state index contributed by atoms with van der Waals surface area (Å²) in [7, 11) is 1.87. The van der Waals surface area contributed by atoms with Crippen molar-refractivity contribution in [1.29, 1.82) is 0 Å². The Balaban J connectivity index is 1.34. The van der Waals surface area contributed by atoms with Gasteiger partial charge in [0, 0.05) is 55.8 Å². The summed E-state index contributed by atoms with van der Waals surface area (Å²) in [6.45, 7) is 7.66. The van der Waals surface area contributed by atoms with Crippen LogP contribution >= 0.6 is 0 Å². The maximum Gasteiger partial charge on any atom is 0.191 e. The van der Waals surface area contributed by atoms with E-state index in [1.807, 2.05) is 7.05 Å². The van der Waals surface area contributed by atoms with Crippen LogP contribution in [0.1, 0.15) is 33.1 Å². The lowest BCUT2D eigenvalue weighted by atomic mass is 9.55. The van der Waals surface area contributed by atoms with Gasteiger partial charge in [-0.25, -0.2) is 0 Å². The molecule has 1 aromatic rings. The van der Waals surface area contributed by atoms with Gasteiger partial charge in [-0.1, -0.05) is 32.0 Å². The van der Waals surface area contributed by atoms with E-state index in [1.165, 1.54) is 18.5 Å². The second-order valence-corrected chi connectivity index (χ2v) is 8.52. The van der Waals surface area contributed by atoms with Gasteiger partial charge in [0.05, 0.1) is 6.10 Å². The number of rotatable bonds is 3. The molecule has 2 heterocycles. The molecule has 0 radical (unpaired) electrons. The zero-order valence-electron chi connectivity index (χ0n) is 16.2. The van der Waals surface area contributed by atoms with Gasteiger partial charge in [-0.2, -0.15) is 0 Å². The van der Waals surface area contributed by atoms with E-state index >= 15 is 0 Å². The van der Waals surface area contributed by atoms with Crippen molar-refractivity contribution < 1.29 is 4.74 Å². The second-order valence-electron chi connectivity index (χ2n) is 8.52. The first-order chi connectivity index (χ1) is 12.6. The number of anilines is 1. The van der Waals surface area contributed by atoms with Crippen molar-refractivity contribution in [2.75, 3.05) is 31.6 Å². The largest absolute Gasteiger partial charge is 0.377 e. The van der Waals surface area contributed by atoms with E-state index < -0.39 is 0 Å². The SMILES string of the molecule is CN=C(NC1CCN(c2ccccc2)C1)NC1C2CCCOC2C1(C)C. The fraction of sp³-hybridized carbons (Fsp3) is 0.667. The summed E-state index contributed by atoms with van der Waals surface area (Å²) < 4.78 is 6.03. The number of benzene rings is 1. The minimum absolute atomic E-state index is 0.161. The number of guanidine groups is 1. The first kappa shape index (κ1) is 17.7. The van der Waals surface area contributed by atoms with Gasteiger partial charge in [0.15, 0.2) is 5.96 Å². The summed E-state index contributed by atoms with van der Waals surface area (Å²) >= 11 is 0. The monoisotopic (exact) mass is 356 g/mol. The third kappa shape index (κ3) is 3.18. The van der Waals surface area contributed by atoms with Crippen molar-refractivity contribution in [3.8, 4) is 0 Å². The van der Waals surface area contributed by atoms with Crippen molar-refractivity contribution in [3.63, 3.8) is 0 Å². The summed E-state index contributed by atoms with van der Waals surface area (Å²) in [5, 5.41) is 7.37. The van der Waals surface area contributed by atoms with Crippen molar-refractivity contribution >= 4 is 11.6 Å². The predicted octanol–water partition coefficient (Wildman–Crippen LogP) is 2.63. The zero-order valence-corrected chi connectivity index (χ0v) is 16.2. The fourth-order valence-electron chi connectivity index (χ4n) is 5.08. The molecule has 5 heteroatoms. The van der Waals surface area contributed by atoms with Gasteiger partial charge in [-0.15, -0.1) is 0 Å². The van der Waals surface area contributed by atoms with Crippen LogP contribution in [-0.2, 0) is 4.74 Å². The Morgan fingerprint density at radius 3 is 2.77 bits per heavy atom. The summed E-state index contributed by atoms with van der Waals surface area (Å²) in [4.78, 5) is 6.96. The lowest BCUT2D eigenvalue weighted by Gasteiger charge is -2.60. The molecule has 0 spiro atoms. The van der Waals surface area contributed by atoms with Crippen molar-refractivity contribution in [2.24, 2.45) is 16.3 Å². The molecule has 2 aliphatic heterocycles. The maximum atomic E-state index is 6.03. The van der Waals surface area contributed by atoms with Crippen LogP contribution in [0.4, 0.5) is 5.69 Å². The number of para-hydroxylation sites is 1. The number of nitrogens with zero attached hydrogens (tertiary/aromatic N) is 2. The Labute approximate surface area is 157 Å². The summed E-state index contributed by atoms with van der Waals surface area (Å²) in [6, 6.07) is 11.5. The van der Waals surface area contributed by atoms with E-state index in [-0.39, 0.29) is 5.41 Å². The van der Waals surface area contributed by atoms with Crippen LogP contribution in [0.2, 0.25) is 0 Å². The molecule has 0 amide bonds. The van der Waals surface area contributed by atoms with Gasteiger partial charge >= 0.3 is 0 Å². The van der Waals surface area contributed by atoms with Crippen molar-refractivity contribution in [1.82, 2.24) is 10.6 Å². The van der Waals surface area contributed by atoms with Gasteiger partial charge in [-0.3, -0.25) is 4.99 Å². The molecule has 1 saturated carbocycles. The molecule has 5 nitrogen and oxygen atoms in total. The molecule has 4 unspecified atom stereocenters. The van der Waals surface area contributed by atoms with E-state index in [2.05, 4.69) is 64.7 Å². The third-order valence-corrected chi connectivity index (χ3v) is 6.50. The normalized spacial score (nSPS) is 33.3. The number of hydrogen-bond donors (Lipinski definition) is 2. The number of nitrogens with one attached hydrogen (secondary N) is 2. The highest BCUT2D eigenvalue weighted by atomic mass is 16.5. The molecule has 2 saturated heterocycles. The van der Waals surface area contributed by atoms with Crippen LogP contribution in [-0.4, -0.2) is 50.9 Å². The number of ether oxygens (including phenoxy) is 1. The van der Waals surface area contributed by atoms with E-state index in [0.29, 0.717) is 24.1 Å². The molecule has 4 atom stereocenters. The molecule has 1 aromatic carbocycles. The van der Waals surface area contributed by atoms with Crippen LogP contribution in [0.25, 0.3) is 0 Å². The van der Waals surface area contributed by atoms with Crippen molar-refractivity contribution in [2.45, 2.75) is 51.3 Å². The molecule has 0 aromatic heterocycles. The summed E-state index contributed by atoms with van der Waals surface area (Å²) in [5.74, 6) is 1.55. The molecule has 0 bridgehead atoms. The predicted molar refractivity (Wildman–Crippen MR) is 107 cm³/mol. The average molecular weight is 357 g/mol. The van der Waals surface area contributed by atoms with Crippen LogP contribution in [0.5, 0.6) is 0 Å². The molecular formula is C21H32N4O. The first-order valence-corrected chi connectivity index (χ1v) is 10.0. The fourth-order valence-corrected chi connectivity index (χ4v) is 5.08. The highest BCUT2D eigenvalue weighted by Crippen LogP contribution is 2.51. The highest BCUT2D eigenvalue weighted by Gasteiger charge is 2.58. The van der Waals surface area contributed by atoms with Crippen LogP contribution < -0.4 is 15.5 Å². The molecular weight excluding hydrogens is 324 g/mol. The Kier molecular flexibility index (Phi) is 4.82. The Hall–Kier alpha value is -1.75. The molecule has 4 rings (SSSR count). The van der Waals surface area contributed by atoms with Gasteiger partial charge in [-0.05, 0) is 31.4 Å². The van der Waals surface area contributed by atoms with Crippen LogP contribution in [0.15, 0.2) is 35.3 Å². The highest BCUT2D eigenvalue weighted by molar-refractivity contribution is 5.80. The van der Waals surface area contributed by atoms with Crippen LogP contribution in [0.3, 0.4) is 0 Å². The van der Waals surface area contributed by atoms with Gasteiger partial charge in [0.25, 0.3) is 0 Å². The Morgan fingerprint density at radius 1 is 1.19 bits per heavy atom. The lowest BCUT2D eigenvalue weighted by molar-refractivity contribution is -0.188. The topological polar surface area (TPSA) is 48.9 Å². The van der Waals surface area contributed by atoms with E-state index in [0.717, 1.165) is 32.1 Å². The number of aliphatic imine (C=N–C) groups is 1. The number of fused-ring (bicyclic) bond motifs is 1. The quantitative estimate of drug-likeness (QED) is 0.646. The van der Waals surface area contributed by atoms with Gasteiger partial charge in [0.1, 0.15) is 0 Å². The molecule has 142 valence electrons. The maximum absolute atomic E-state index is 6.03. The molecule has 3 aliphatic rings. The van der Waals surface area contributed by atoms with Gasteiger partial charge < -0.3 is 20.3 Å². The standard InChI is InChI=1S/C21H32N4O/c1-21(2)18(17-10-7-13-26-19(17)21)24-20(22-3)23-15-11-12-25(14-15)16-8-5-4-6-9-16/h4-6,8-9,15,17-19H,7,10-14H2,1-3H3,(H2,22,23,24). The molecule has 1 aliphatic carbocycles. The molecule has 3 fully saturated rings. The Bertz CT molecular complexity index is 645. The number of hydrogen-bond acceptors (Lipinski definition) is 3. The van der Waals surface area contributed by atoms with E-state index in [9.17, 15) is 0 Å².